The fourth-order valence-electron chi connectivity index (χ4n) is 5.14. The van der Waals surface area contributed by atoms with E-state index < -0.39 is 0 Å². The Morgan fingerprint density at radius 1 is 1.02 bits per heavy atom. The molecule has 6 rings (SSSR count). The van der Waals surface area contributed by atoms with Gasteiger partial charge in [0, 0.05) is 30.6 Å². The molecule has 4 aromatic rings. The Labute approximate surface area is 247 Å². The first-order valence-electron chi connectivity index (χ1n) is 13.3. The van der Waals surface area contributed by atoms with Gasteiger partial charge >= 0.3 is 5.97 Å². The van der Waals surface area contributed by atoms with Gasteiger partial charge in [0.05, 0.1) is 38.5 Å². The van der Waals surface area contributed by atoms with Crippen LogP contribution in [0.2, 0.25) is 15.1 Å². The minimum Gasteiger partial charge on any atom is -0.489 e. The van der Waals surface area contributed by atoms with E-state index in [1.165, 1.54) is 5.56 Å². The lowest BCUT2D eigenvalue weighted by Crippen LogP contribution is -2.30. The molecule has 0 saturated heterocycles. The third-order valence-electron chi connectivity index (χ3n) is 7.34. The number of aromatic nitrogens is 1. The summed E-state index contributed by atoms with van der Waals surface area (Å²) in [6.07, 6.45) is 2.97. The summed E-state index contributed by atoms with van der Waals surface area (Å²) in [4.78, 5) is 14.4. The highest BCUT2D eigenvalue weighted by Crippen LogP contribution is 2.46. The number of nitrogens with zero attached hydrogens (tertiary/aromatic N) is 2. The molecule has 206 valence electrons. The minimum atomic E-state index is -0.306. The van der Waals surface area contributed by atoms with Crippen LogP contribution < -0.4 is 9.64 Å². The Hall–Kier alpha value is -3.19. The van der Waals surface area contributed by atoms with Crippen molar-refractivity contribution >= 4 is 46.5 Å². The van der Waals surface area contributed by atoms with Crippen LogP contribution in [0.3, 0.4) is 0 Å². The number of anilines is 1. The van der Waals surface area contributed by atoms with E-state index in [1.807, 2.05) is 36.4 Å². The highest BCUT2D eigenvalue weighted by molar-refractivity contribution is 6.39. The second-order valence-corrected chi connectivity index (χ2v) is 11.2. The first kappa shape index (κ1) is 27.0. The van der Waals surface area contributed by atoms with Crippen LogP contribution in [-0.4, -0.2) is 24.3 Å². The molecule has 0 atom stereocenters. The predicted molar refractivity (Wildman–Crippen MR) is 157 cm³/mol. The molecule has 3 aromatic carbocycles. The van der Waals surface area contributed by atoms with E-state index in [1.54, 1.807) is 25.1 Å². The zero-order chi connectivity index (χ0) is 27.8. The zero-order valence-electron chi connectivity index (χ0n) is 21.9. The SMILES string of the molecule is CCOC(=O)c1ccc2c(c1)CN(c1ccc(OCc3c(-c4c(Cl)cccc4Cl)noc3C3CC3)cc1Cl)CC2. The van der Waals surface area contributed by atoms with Gasteiger partial charge in [-0.3, -0.25) is 0 Å². The summed E-state index contributed by atoms with van der Waals surface area (Å²) in [5, 5.41) is 5.94. The van der Waals surface area contributed by atoms with Crippen molar-refractivity contribution in [2.75, 3.05) is 18.1 Å². The van der Waals surface area contributed by atoms with Gasteiger partial charge in [-0.1, -0.05) is 52.1 Å². The van der Waals surface area contributed by atoms with Gasteiger partial charge in [0.1, 0.15) is 23.8 Å². The van der Waals surface area contributed by atoms with Gasteiger partial charge in [-0.15, -0.1) is 0 Å². The number of benzene rings is 3. The average molecular weight is 598 g/mol. The normalized spacial score (nSPS) is 14.7. The third-order valence-corrected chi connectivity index (χ3v) is 8.27. The van der Waals surface area contributed by atoms with Crippen molar-refractivity contribution in [1.82, 2.24) is 5.16 Å². The lowest BCUT2D eigenvalue weighted by molar-refractivity contribution is 0.0526. The molecule has 40 heavy (non-hydrogen) atoms. The van der Waals surface area contributed by atoms with E-state index in [-0.39, 0.29) is 12.6 Å². The van der Waals surface area contributed by atoms with Gasteiger partial charge in [-0.2, -0.15) is 0 Å². The molecule has 0 spiro atoms. The first-order valence-corrected chi connectivity index (χ1v) is 14.4. The van der Waals surface area contributed by atoms with Crippen LogP contribution in [0.4, 0.5) is 5.69 Å². The number of ether oxygens (including phenoxy) is 2. The molecule has 0 amide bonds. The fourth-order valence-corrected chi connectivity index (χ4v) is 6.01. The molecule has 2 aliphatic rings. The van der Waals surface area contributed by atoms with Crippen LogP contribution in [0.15, 0.2) is 59.1 Å². The molecule has 1 fully saturated rings. The fraction of sp³-hybridized carbons (Fsp3) is 0.290. The quantitative estimate of drug-likeness (QED) is 0.190. The van der Waals surface area contributed by atoms with Gasteiger partial charge in [-0.25, -0.2) is 4.79 Å². The molecule has 2 heterocycles. The van der Waals surface area contributed by atoms with Crippen molar-refractivity contribution in [3.05, 3.63) is 97.7 Å². The molecule has 0 bridgehead atoms. The second-order valence-electron chi connectivity index (χ2n) is 10.0. The molecule has 0 N–H and O–H groups in total. The maximum Gasteiger partial charge on any atom is 0.338 e. The Kier molecular flexibility index (Phi) is 7.67. The van der Waals surface area contributed by atoms with Crippen LogP contribution in [0.5, 0.6) is 5.75 Å². The topological polar surface area (TPSA) is 64.8 Å². The molecular weight excluding hydrogens is 571 g/mol. The molecular formula is C31H27Cl3N2O4. The number of halogens is 3. The number of esters is 1. The van der Waals surface area contributed by atoms with Gasteiger partial charge in [0.25, 0.3) is 0 Å². The molecule has 6 nitrogen and oxygen atoms in total. The van der Waals surface area contributed by atoms with Crippen LogP contribution in [-0.2, 0) is 24.3 Å². The number of rotatable bonds is 8. The van der Waals surface area contributed by atoms with E-state index in [2.05, 4.69) is 10.1 Å². The van der Waals surface area contributed by atoms with Crippen LogP contribution in [0.25, 0.3) is 11.3 Å². The van der Waals surface area contributed by atoms with Crippen molar-refractivity contribution in [3.63, 3.8) is 0 Å². The van der Waals surface area contributed by atoms with E-state index in [9.17, 15) is 4.79 Å². The zero-order valence-corrected chi connectivity index (χ0v) is 24.2. The second kappa shape index (κ2) is 11.4. The van der Waals surface area contributed by atoms with Crippen molar-refractivity contribution < 1.29 is 18.8 Å². The molecule has 0 radical (unpaired) electrons. The lowest BCUT2D eigenvalue weighted by atomic mass is 9.97. The predicted octanol–water partition coefficient (Wildman–Crippen LogP) is 8.50. The number of hydrogen-bond donors (Lipinski definition) is 0. The highest BCUT2D eigenvalue weighted by Gasteiger charge is 2.33. The van der Waals surface area contributed by atoms with Gasteiger partial charge in [0.15, 0.2) is 0 Å². The summed E-state index contributed by atoms with van der Waals surface area (Å²) < 4.78 is 17.1. The molecule has 1 aliphatic carbocycles. The van der Waals surface area contributed by atoms with Crippen LogP contribution in [0.1, 0.15) is 58.5 Å². The standard InChI is InChI=1S/C31H27Cl3N2O4/c1-2-38-31(37)20-9-6-18-12-13-36(16-21(18)14-20)27-11-10-22(15-26(27)34)39-17-23-29(35-40-30(23)19-7-8-19)28-24(32)4-3-5-25(28)33/h3-6,9-11,14-15,19H,2,7-8,12-13,16-17H2,1H3. The third kappa shape index (κ3) is 5.40. The van der Waals surface area contributed by atoms with Crippen molar-refractivity contribution in [1.29, 1.82) is 0 Å². The smallest absolute Gasteiger partial charge is 0.338 e. The Morgan fingerprint density at radius 3 is 2.55 bits per heavy atom. The van der Waals surface area contributed by atoms with Crippen molar-refractivity contribution in [2.45, 2.75) is 45.3 Å². The van der Waals surface area contributed by atoms with Crippen molar-refractivity contribution in [3.8, 4) is 17.0 Å². The molecule has 9 heteroatoms. The lowest BCUT2D eigenvalue weighted by Gasteiger charge is -2.31. The maximum atomic E-state index is 12.2. The number of carbonyl (C=O) groups is 1. The summed E-state index contributed by atoms with van der Waals surface area (Å²) in [5.74, 6) is 1.48. The van der Waals surface area contributed by atoms with E-state index in [4.69, 9.17) is 48.8 Å². The first-order chi connectivity index (χ1) is 19.4. The van der Waals surface area contributed by atoms with E-state index in [0.717, 1.165) is 48.4 Å². The van der Waals surface area contributed by atoms with Gasteiger partial charge < -0.3 is 18.9 Å². The minimum absolute atomic E-state index is 0.246. The molecule has 0 unspecified atom stereocenters. The Bertz CT molecular complexity index is 1560. The summed E-state index contributed by atoms with van der Waals surface area (Å²) in [6.45, 7) is 3.86. The van der Waals surface area contributed by atoms with Crippen molar-refractivity contribution in [2.24, 2.45) is 0 Å². The monoisotopic (exact) mass is 596 g/mol. The van der Waals surface area contributed by atoms with Crippen LogP contribution >= 0.6 is 34.8 Å². The summed E-state index contributed by atoms with van der Waals surface area (Å²) in [7, 11) is 0. The summed E-state index contributed by atoms with van der Waals surface area (Å²) >= 11 is 19.7. The van der Waals surface area contributed by atoms with E-state index >= 15 is 0 Å². The average Bonchev–Trinajstić information content (AvgIpc) is 3.71. The maximum absolute atomic E-state index is 12.2. The van der Waals surface area contributed by atoms with E-state index in [0.29, 0.717) is 56.7 Å². The molecule has 1 aromatic heterocycles. The summed E-state index contributed by atoms with van der Waals surface area (Å²) in [5.41, 5.74) is 5.90. The highest BCUT2D eigenvalue weighted by atomic mass is 35.5. The number of fused-ring (bicyclic) bond motifs is 1. The Balaban J connectivity index is 1.20. The number of carbonyl (C=O) groups excluding carboxylic acids is 1. The summed E-state index contributed by atoms with van der Waals surface area (Å²) in [6, 6.07) is 16.9. The van der Waals surface area contributed by atoms with Gasteiger partial charge in [-0.05, 0) is 73.7 Å². The Morgan fingerprint density at radius 2 is 1.82 bits per heavy atom. The van der Waals surface area contributed by atoms with Crippen LogP contribution in [0, 0.1) is 0 Å². The largest absolute Gasteiger partial charge is 0.489 e. The number of hydrogen-bond acceptors (Lipinski definition) is 6. The molecule has 1 aliphatic heterocycles. The van der Waals surface area contributed by atoms with Gasteiger partial charge in [0.2, 0.25) is 0 Å². The molecule has 1 saturated carbocycles.